The van der Waals surface area contributed by atoms with Crippen molar-refractivity contribution < 1.29 is 0 Å². The maximum Gasteiger partial charge on any atom is 0.181 e. The first-order valence-corrected chi connectivity index (χ1v) is 6.02. The zero-order chi connectivity index (χ0) is 13.1. The normalized spacial score (nSPS) is 10.6. The standard InChI is InChI=1S/C13H14N6/c1-19-13(16-17-18-19)10-4-2-5-11(8-10)15-9-12-6-3-7-14-12/h2-8,14-15H,9H2,1H3. The minimum absolute atomic E-state index is 0.753. The largest absolute Gasteiger partial charge is 0.379 e. The molecule has 6 nitrogen and oxygen atoms in total. The van der Waals surface area contributed by atoms with Crippen LogP contribution in [0.1, 0.15) is 5.69 Å². The first-order chi connectivity index (χ1) is 9.33. The summed E-state index contributed by atoms with van der Waals surface area (Å²) in [6.07, 6.45) is 1.92. The summed E-state index contributed by atoms with van der Waals surface area (Å²) in [5, 5.41) is 14.9. The lowest BCUT2D eigenvalue weighted by Crippen LogP contribution is -2.00. The van der Waals surface area contributed by atoms with E-state index in [2.05, 4.69) is 25.8 Å². The highest BCUT2D eigenvalue weighted by Crippen LogP contribution is 2.19. The highest BCUT2D eigenvalue weighted by molar-refractivity contribution is 5.62. The van der Waals surface area contributed by atoms with Crippen molar-refractivity contribution in [2.24, 2.45) is 7.05 Å². The van der Waals surface area contributed by atoms with Gasteiger partial charge in [-0.3, -0.25) is 0 Å². The Morgan fingerprint density at radius 2 is 2.21 bits per heavy atom. The Hall–Kier alpha value is -2.63. The van der Waals surface area contributed by atoms with Gasteiger partial charge in [-0.2, -0.15) is 0 Å². The second-order valence-electron chi connectivity index (χ2n) is 4.26. The van der Waals surface area contributed by atoms with Crippen LogP contribution in [0.4, 0.5) is 5.69 Å². The average molecular weight is 254 g/mol. The van der Waals surface area contributed by atoms with Gasteiger partial charge in [0.25, 0.3) is 0 Å². The number of aryl methyl sites for hydroxylation is 1. The van der Waals surface area contributed by atoms with Crippen LogP contribution in [0.15, 0.2) is 42.6 Å². The zero-order valence-corrected chi connectivity index (χ0v) is 10.5. The van der Waals surface area contributed by atoms with E-state index in [-0.39, 0.29) is 0 Å². The number of nitrogens with one attached hydrogen (secondary N) is 2. The van der Waals surface area contributed by atoms with E-state index < -0.39 is 0 Å². The Morgan fingerprint density at radius 3 is 2.95 bits per heavy atom. The van der Waals surface area contributed by atoms with E-state index in [0.717, 1.165) is 29.3 Å². The van der Waals surface area contributed by atoms with Crippen LogP contribution < -0.4 is 5.32 Å². The number of aromatic nitrogens is 5. The van der Waals surface area contributed by atoms with Crippen molar-refractivity contribution in [2.45, 2.75) is 6.54 Å². The van der Waals surface area contributed by atoms with Gasteiger partial charge in [0.15, 0.2) is 5.82 Å². The van der Waals surface area contributed by atoms with Crippen molar-refractivity contribution in [3.8, 4) is 11.4 Å². The number of tetrazole rings is 1. The molecule has 0 saturated heterocycles. The fourth-order valence-electron chi connectivity index (χ4n) is 1.92. The molecule has 0 fully saturated rings. The fraction of sp³-hybridized carbons (Fsp3) is 0.154. The molecule has 0 aliphatic rings. The molecule has 0 spiro atoms. The molecular formula is C13H14N6. The van der Waals surface area contributed by atoms with E-state index in [0.29, 0.717) is 0 Å². The Balaban J connectivity index is 1.78. The molecule has 0 saturated carbocycles. The van der Waals surface area contributed by atoms with E-state index in [1.165, 1.54) is 0 Å². The molecule has 3 aromatic rings. The summed E-state index contributed by atoms with van der Waals surface area (Å²) < 4.78 is 1.66. The van der Waals surface area contributed by atoms with Crippen LogP contribution in [0.25, 0.3) is 11.4 Å². The highest BCUT2D eigenvalue weighted by atomic mass is 15.5. The molecule has 0 aliphatic heterocycles. The topological polar surface area (TPSA) is 71.4 Å². The average Bonchev–Trinajstić information content (AvgIpc) is 3.08. The van der Waals surface area contributed by atoms with Crippen molar-refractivity contribution in [1.29, 1.82) is 0 Å². The predicted octanol–water partition coefficient (Wildman–Crippen LogP) is 1.82. The second-order valence-corrected chi connectivity index (χ2v) is 4.26. The molecule has 0 atom stereocenters. The molecule has 96 valence electrons. The first kappa shape index (κ1) is 11.5. The quantitative estimate of drug-likeness (QED) is 0.745. The molecule has 0 aliphatic carbocycles. The number of aromatic amines is 1. The number of benzene rings is 1. The maximum absolute atomic E-state index is 4.01. The summed E-state index contributed by atoms with van der Waals surface area (Å²) in [6.45, 7) is 0.757. The van der Waals surface area contributed by atoms with Gasteiger partial charge in [-0.25, -0.2) is 4.68 Å². The molecule has 1 aromatic carbocycles. The maximum atomic E-state index is 4.01. The third kappa shape index (κ3) is 2.47. The van der Waals surface area contributed by atoms with Gasteiger partial charge in [0.1, 0.15) is 0 Å². The number of hydrogen-bond donors (Lipinski definition) is 2. The highest BCUT2D eigenvalue weighted by Gasteiger charge is 2.06. The van der Waals surface area contributed by atoms with Gasteiger partial charge in [0.05, 0.1) is 6.54 Å². The molecule has 19 heavy (non-hydrogen) atoms. The second kappa shape index (κ2) is 4.93. The molecule has 2 heterocycles. The third-order valence-electron chi connectivity index (χ3n) is 2.89. The van der Waals surface area contributed by atoms with Crippen LogP contribution >= 0.6 is 0 Å². The van der Waals surface area contributed by atoms with Gasteiger partial charge in [-0.1, -0.05) is 12.1 Å². The molecule has 0 bridgehead atoms. The molecular weight excluding hydrogens is 240 g/mol. The van der Waals surface area contributed by atoms with Crippen LogP contribution in [0.3, 0.4) is 0 Å². The molecule has 0 unspecified atom stereocenters. The number of anilines is 1. The zero-order valence-electron chi connectivity index (χ0n) is 10.5. The van der Waals surface area contributed by atoms with Gasteiger partial charge in [-0.05, 0) is 34.7 Å². The first-order valence-electron chi connectivity index (χ1n) is 6.02. The minimum atomic E-state index is 0.753. The predicted molar refractivity (Wildman–Crippen MR) is 72.4 cm³/mol. The van der Waals surface area contributed by atoms with Crippen LogP contribution in [0, 0.1) is 0 Å². The Morgan fingerprint density at radius 1 is 1.26 bits per heavy atom. The van der Waals surface area contributed by atoms with E-state index in [1.54, 1.807) is 4.68 Å². The monoisotopic (exact) mass is 254 g/mol. The number of H-pyrrole nitrogens is 1. The Bertz CT molecular complexity index is 655. The van der Waals surface area contributed by atoms with Gasteiger partial charge >= 0.3 is 0 Å². The van der Waals surface area contributed by atoms with Crippen molar-refractivity contribution in [2.75, 3.05) is 5.32 Å². The van der Waals surface area contributed by atoms with E-state index in [9.17, 15) is 0 Å². The van der Waals surface area contributed by atoms with Gasteiger partial charge < -0.3 is 10.3 Å². The lowest BCUT2D eigenvalue weighted by molar-refractivity contribution is 0.714. The van der Waals surface area contributed by atoms with Crippen molar-refractivity contribution >= 4 is 5.69 Å². The summed E-state index contributed by atoms with van der Waals surface area (Å²) >= 11 is 0. The van der Waals surface area contributed by atoms with E-state index >= 15 is 0 Å². The molecule has 0 amide bonds. The number of hydrogen-bond acceptors (Lipinski definition) is 4. The Labute approximate surface area is 110 Å². The van der Waals surface area contributed by atoms with Crippen LogP contribution in [-0.4, -0.2) is 25.2 Å². The summed E-state index contributed by atoms with van der Waals surface area (Å²) in [4.78, 5) is 3.16. The SMILES string of the molecule is Cn1nnnc1-c1cccc(NCc2ccc[nH]2)c1. The summed E-state index contributed by atoms with van der Waals surface area (Å²) in [5.41, 5.74) is 3.17. The molecule has 2 aromatic heterocycles. The molecule has 2 N–H and O–H groups in total. The smallest absolute Gasteiger partial charge is 0.181 e. The van der Waals surface area contributed by atoms with Crippen LogP contribution in [0.2, 0.25) is 0 Å². The van der Waals surface area contributed by atoms with Crippen molar-refractivity contribution in [3.05, 3.63) is 48.3 Å². The summed E-state index contributed by atoms with van der Waals surface area (Å²) in [6, 6.07) is 12.1. The van der Waals surface area contributed by atoms with Gasteiger partial charge in [0, 0.05) is 30.2 Å². The number of rotatable bonds is 4. The lowest BCUT2D eigenvalue weighted by atomic mass is 10.2. The molecule has 0 radical (unpaired) electrons. The lowest BCUT2D eigenvalue weighted by Gasteiger charge is -2.07. The fourth-order valence-corrected chi connectivity index (χ4v) is 1.92. The molecule has 6 heteroatoms. The van der Waals surface area contributed by atoms with Gasteiger partial charge in [0.2, 0.25) is 0 Å². The van der Waals surface area contributed by atoms with Gasteiger partial charge in [-0.15, -0.1) is 5.10 Å². The van der Waals surface area contributed by atoms with E-state index in [1.807, 2.05) is 49.6 Å². The minimum Gasteiger partial charge on any atom is -0.379 e. The van der Waals surface area contributed by atoms with Crippen LogP contribution in [-0.2, 0) is 13.6 Å². The summed E-state index contributed by atoms with van der Waals surface area (Å²) in [5.74, 6) is 0.753. The number of nitrogens with zero attached hydrogens (tertiary/aromatic N) is 4. The molecule has 3 rings (SSSR count). The van der Waals surface area contributed by atoms with E-state index in [4.69, 9.17) is 0 Å². The van der Waals surface area contributed by atoms with Crippen molar-refractivity contribution in [1.82, 2.24) is 25.2 Å². The third-order valence-corrected chi connectivity index (χ3v) is 2.89. The van der Waals surface area contributed by atoms with Crippen LogP contribution in [0.5, 0.6) is 0 Å². The summed E-state index contributed by atoms with van der Waals surface area (Å²) in [7, 11) is 1.83. The van der Waals surface area contributed by atoms with Crippen molar-refractivity contribution in [3.63, 3.8) is 0 Å². The Kier molecular flexibility index (Phi) is 2.97.